The lowest BCUT2D eigenvalue weighted by molar-refractivity contribution is -0.154. The Bertz CT molecular complexity index is 3060. The van der Waals surface area contributed by atoms with E-state index in [-0.39, 0.29) is 0 Å². The van der Waals surface area contributed by atoms with Crippen molar-refractivity contribution in [2.45, 2.75) is 30.5 Å². The molecule has 16 N–H and O–H groups in total. The molecule has 67 heavy (non-hydrogen) atoms. The zero-order valence-corrected chi connectivity index (χ0v) is 32.7. The summed E-state index contributed by atoms with van der Waals surface area (Å²) in [6, 6.07) is 2.15. The smallest absolute Gasteiger partial charge is 0.339 e. The lowest BCUT2D eigenvalue weighted by Crippen LogP contribution is -2.56. The van der Waals surface area contributed by atoms with Crippen molar-refractivity contribution in [2.24, 2.45) is 0 Å². The second-order valence-corrected chi connectivity index (χ2v) is 14.7. The van der Waals surface area contributed by atoms with Crippen LogP contribution in [-0.2, 0) is 23.7 Å². The van der Waals surface area contributed by atoms with E-state index in [2.05, 4.69) is 0 Å². The lowest BCUT2D eigenvalue weighted by Gasteiger charge is -2.40. The van der Waals surface area contributed by atoms with Gasteiger partial charge >= 0.3 is 29.8 Å². The number of carbonyl (C=O) groups is 5. The van der Waals surface area contributed by atoms with E-state index in [4.69, 9.17) is 23.7 Å². The average Bonchev–Trinajstić information content (AvgIpc) is 3.29. The monoisotopic (exact) mass is 936 g/mol. The molecule has 4 bridgehead atoms. The minimum absolute atomic E-state index is 0.331. The number of fused-ring (bicyclic) bond motifs is 6. The number of esters is 5. The van der Waals surface area contributed by atoms with Crippen molar-refractivity contribution in [1.82, 2.24) is 0 Å². The molecular weight excluding hydrogens is 908 g/mol. The van der Waals surface area contributed by atoms with E-state index >= 15 is 0 Å². The Balaban J connectivity index is 1.42. The van der Waals surface area contributed by atoms with Crippen LogP contribution >= 0.6 is 0 Å². The van der Waals surface area contributed by atoms with Crippen LogP contribution in [0, 0.1) is 0 Å². The van der Waals surface area contributed by atoms with Gasteiger partial charge in [0.1, 0.15) is 12.7 Å². The van der Waals surface area contributed by atoms with Gasteiger partial charge in [-0.1, -0.05) is 0 Å². The third kappa shape index (κ3) is 6.57. The summed E-state index contributed by atoms with van der Waals surface area (Å²) >= 11 is 0. The minimum Gasteiger partial charge on any atom is -0.504 e. The molecule has 9 rings (SSSR count). The highest BCUT2D eigenvalue weighted by Gasteiger charge is 2.54. The zero-order valence-electron chi connectivity index (χ0n) is 32.7. The fourth-order valence-corrected chi connectivity index (χ4v) is 7.72. The Hall–Kier alpha value is -9.59. The number of aliphatic hydroxyl groups is 1. The van der Waals surface area contributed by atoms with Crippen molar-refractivity contribution >= 4 is 29.8 Å². The third-order valence-electron chi connectivity index (χ3n) is 10.9. The van der Waals surface area contributed by atoms with Gasteiger partial charge in [0.2, 0.25) is 23.0 Å². The molecule has 0 spiro atoms. The highest BCUT2D eigenvalue weighted by molar-refractivity contribution is 6.11. The topological polar surface area (TPSA) is 455 Å². The molecule has 26 heteroatoms. The van der Waals surface area contributed by atoms with Gasteiger partial charge in [-0.2, -0.15) is 0 Å². The van der Waals surface area contributed by atoms with Crippen molar-refractivity contribution in [1.29, 1.82) is 0 Å². The molecular formula is C41H28O26. The molecule has 0 radical (unpaired) electrons. The van der Waals surface area contributed by atoms with Crippen molar-refractivity contribution in [3.05, 3.63) is 63.7 Å². The minimum atomic E-state index is -2.79. The van der Waals surface area contributed by atoms with Crippen LogP contribution in [0.1, 0.15) is 63.5 Å². The largest absolute Gasteiger partial charge is 0.504 e. The molecule has 4 aliphatic rings. The number of hydrogen-bond donors (Lipinski definition) is 16. The molecule has 0 aliphatic carbocycles. The maximum Gasteiger partial charge on any atom is 0.339 e. The number of aliphatic hydroxyl groups excluding tert-OH is 1. The molecule has 0 saturated carbocycles. The van der Waals surface area contributed by atoms with Gasteiger partial charge in [0, 0.05) is 27.8 Å². The van der Waals surface area contributed by atoms with Crippen LogP contribution in [0.4, 0.5) is 0 Å². The normalized spacial score (nSPS) is 19.9. The molecule has 5 atom stereocenters. The first-order valence-corrected chi connectivity index (χ1v) is 18.6. The zero-order chi connectivity index (χ0) is 49.0. The highest BCUT2D eigenvalue weighted by Crippen LogP contribution is 2.58. The molecule has 4 heterocycles. The Labute approximate surface area is 368 Å². The highest BCUT2D eigenvalue weighted by atomic mass is 16.6. The van der Waals surface area contributed by atoms with Crippen LogP contribution in [0.5, 0.6) is 86.2 Å². The summed E-state index contributed by atoms with van der Waals surface area (Å²) in [4.78, 5) is 70.9. The summed E-state index contributed by atoms with van der Waals surface area (Å²) in [5.74, 6) is -29.6. The molecule has 0 saturated heterocycles. The van der Waals surface area contributed by atoms with E-state index in [1.165, 1.54) is 0 Å². The van der Waals surface area contributed by atoms with Crippen LogP contribution in [0.2, 0.25) is 0 Å². The first-order chi connectivity index (χ1) is 31.5. The van der Waals surface area contributed by atoms with E-state index in [1.807, 2.05) is 0 Å². The SMILES string of the molecule is O=C(OC1COC(=O)c2cc(O)c(O)c(O)c2-c2c(cc(O)c(O)c2O)C(=O)OC1C1OC(=O)c2cc(O)c(O)c(O)c2-c2c(O)c(O)c(O)c3c2C(=O)OC1[C@H]3O)c1cc(O)c(O)c(O)c1. The Morgan fingerprint density at radius 3 is 1.33 bits per heavy atom. The predicted octanol–water partition coefficient (Wildman–Crippen LogP) is 1.34. The summed E-state index contributed by atoms with van der Waals surface area (Å²) in [6.07, 6.45) is -13.4. The number of phenols is 15. The fourth-order valence-electron chi connectivity index (χ4n) is 7.72. The summed E-state index contributed by atoms with van der Waals surface area (Å²) in [5, 5.41) is 172. The molecule has 26 nitrogen and oxygen atoms in total. The van der Waals surface area contributed by atoms with Gasteiger partial charge in [-0.3, -0.25) is 0 Å². The van der Waals surface area contributed by atoms with Crippen LogP contribution in [0.3, 0.4) is 0 Å². The lowest BCUT2D eigenvalue weighted by atomic mass is 9.82. The Morgan fingerprint density at radius 2 is 0.836 bits per heavy atom. The van der Waals surface area contributed by atoms with Crippen molar-refractivity contribution in [3.63, 3.8) is 0 Å². The summed E-state index contributed by atoms with van der Waals surface area (Å²) in [5.41, 5.74) is -11.0. The predicted molar refractivity (Wildman–Crippen MR) is 207 cm³/mol. The maximum atomic E-state index is 14.6. The van der Waals surface area contributed by atoms with Crippen LogP contribution in [0.25, 0.3) is 22.3 Å². The van der Waals surface area contributed by atoms with Gasteiger partial charge in [0.05, 0.1) is 27.8 Å². The molecule has 5 aromatic rings. The molecule has 5 aromatic carbocycles. The second kappa shape index (κ2) is 15.3. The third-order valence-corrected chi connectivity index (χ3v) is 10.9. The van der Waals surface area contributed by atoms with Gasteiger partial charge in [0.25, 0.3) is 0 Å². The second-order valence-electron chi connectivity index (χ2n) is 14.7. The van der Waals surface area contributed by atoms with E-state index in [1.54, 1.807) is 0 Å². The van der Waals surface area contributed by atoms with Gasteiger partial charge in [0.15, 0.2) is 87.7 Å². The fraction of sp³-hybridized carbons (Fsp3) is 0.146. The summed E-state index contributed by atoms with van der Waals surface area (Å²) in [6.45, 7) is -1.50. The van der Waals surface area contributed by atoms with Gasteiger partial charge in [-0.05, 0) is 30.3 Å². The van der Waals surface area contributed by atoms with E-state index in [0.717, 1.165) is 0 Å². The molecule has 4 unspecified atom stereocenters. The number of rotatable bonds is 3. The van der Waals surface area contributed by atoms with E-state index in [0.29, 0.717) is 30.3 Å². The Kier molecular flexibility index (Phi) is 10.1. The van der Waals surface area contributed by atoms with Gasteiger partial charge < -0.3 is 105 Å². The molecule has 0 amide bonds. The number of hydrogen-bond acceptors (Lipinski definition) is 26. The average molecular weight is 937 g/mol. The standard InChI is InChI=1S/C41H28O26/c42-11-1-7(2-12(43)23(11)47)37(58)64-16-6-63-38(59)8-3-13(44)24(48)27(51)17(8)18-9(4-14(45)25(49)28(18)52)39(60)65-34(16)36-35-32(56)22-21(41(62)66-35)20(30(54)33(57)31(22)55)19-10(40(61)67-36)5-15(46)26(50)29(19)53/h1-5,16,32,34-36,42-57H,6H2/t16?,32-,34?,35?,36?/m0/s1. The number of cyclic esters (lactones) is 2. The summed E-state index contributed by atoms with van der Waals surface area (Å²) in [7, 11) is 0. The van der Waals surface area contributed by atoms with Crippen molar-refractivity contribution in [3.8, 4) is 108 Å². The van der Waals surface area contributed by atoms with Gasteiger partial charge in [-0.15, -0.1) is 0 Å². The van der Waals surface area contributed by atoms with Crippen LogP contribution < -0.4 is 0 Å². The van der Waals surface area contributed by atoms with Crippen molar-refractivity contribution < 1.29 is 129 Å². The Morgan fingerprint density at radius 1 is 0.433 bits per heavy atom. The molecule has 0 aromatic heterocycles. The van der Waals surface area contributed by atoms with Crippen LogP contribution in [0.15, 0.2) is 30.3 Å². The number of phenolic OH excluding ortho intramolecular Hbond substituents is 15. The van der Waals surface area contributed by atoms with E-state index in [9.17, 15) is 106 Å². The molecule has 348 valence electrons. The number of ether oxygens (including phenoxy) is 5. The van der Waals surface area contributed by atoms with Crippen LogP contribution in [-0.4, -0.2) is 143 Å². The number of benzene rings is 5. The first-order valence-electron chi connectivity index (χ1n) is 18.6. The number of aromatic hydroxyl groups is 15. The van der Waals surface area contributed by atoms with Crippen molar-refractivity contribution in [2.75, 3.05) is 6.61 Å². The molecule has 0 fully saturated rings. The number of carbonyl (C=O) groups excluding carboxylic acids is 5. The van der Waals surface area contributed by atoms with E-state index < -0.39 is 209 Å². The molecule has 4 aliphatic heterocycles. The quantitative estimate of drug-likeness (QED) is 0.0689. The van der Waals surface area contributed by atoms with Gasteiger partial charge in [-0.25, -0.2) is 24.0 Å². The summed E-state index contributed by atoms with van der Waals surface area (Å²) < 4.78 is 27.6. The first kappa shape index (κ1) is 44.0. The maximum absolute atomic E-state index is 14.6.